The van der Waals surface area contributed by atoms with Crippen molar-refractivity contribution in [2.45, 2.75) is 44.2 Å². The minimum absolute atomic E-state index is 0. The van der Waals surface area contributed by atoms with E-state index in [1.165, 1.54) is 24.3 Å². The maximum atomic E-state index is 12.9. The number of carbonyl (C=O) groups excluding carboxylic acids is 2. The van der Waals surface area contributed by atoms with E-state index >= 15 is 0 Å². The fourth-order valence-corrected chi connectivity index (χ4v) is 3.67. The molecule has 3 atom stereocenters. The number of hydrogen-bond donors (Lipinski definition) is 3. The maximum Gasteiger partial charge on any atom is 0.319 e. The van der Waals surface area contributed by atoms with E-state index in [0.29, 0.717) is 18.8 Å². The van der Waals surface area contributed by atoms with Crippen LogP contribution in [0.4, 0.5) is 14.9 Å². The quantitative estimate of drug-likeness (QED) is 0.748. The van der Waals surface area contributed by atoms with Crippen molar-refractivity contribution in [1.29, 1.82) is 0 Å². The maximum absolute atomic E-state index is 12.9. The molecule has 1 aliphatic heterocycles. The Morgan fingerprint density at radius 3 is 2.58 bits per heavy atom. The molecule has 2 fully saturated rings. The van der Waals surface area contributed by atoms with Gasteiger partial charge in [0.1, 0.15) is 5.82 Å². The van der Waals surface area contributed by atoms with Gasteiger partial charge in [0, 0.05) is 36.8 Å². The number of benzene rings is 1. The number of amides is 3. The van der Waals surface area contributed by atoms with Crippen LogP contribution < -0.4 is 16.4 Å². The van der Waals surface area contributed by atoms with E-state index in [1.54, 1.807) is 0 Å². The largest absolute Gasteiger partial charge is 0.340 e. The predicted octanol–water partition coefficient (Wildman–Crippen LogP) is 2.49. The van der Waals surface area contributed by atoms with Crippen LogP contribution in [0.3, 0.4) is 0 Å². The van der Waals surface area contributed by atoms with E-state index in [2.05, 4.69) is 10.6 Å². The van der Waals surface area contributed by atoms with Gasteiger partial charge >= 0.3 is 6.03 Å². The molecule has 6 nitrogen and oxygen atoms in total. The molecule has 1 aliphatic carbocycles. The first-order valence-corrected chi connectivity index (χ1v) is 8.88. The van der Waals surface area contributed by atoms with Gasteiger partial charge in [-0.1, -0.05) is 6.42 Å². The van der Waals surface area contributed by atoms with E-state index < -0.39 is 0 Å². The van der Waals surface area contributed by atoms with Crippen molar-refractivity contribution in [3.05, 3.63) is 30.1 Å². The van der Waals surface area contributed by atoms with Crippen LogP contribution in [0, 0.1) is 11.7 Å². The molecule has 1 aromatic rings. The monoisotopic (exact) mass is 384 g/mol. The number of anilines is 1. The molecule has 0 spiro atoms. The van der Waals surface area contributed by atoms with Gasteiger partial charge in [0.15, 0.2) is 0 Å². The normalized spacial score (nSPS) is 25.3. The van der Waals surface area contributed by atoms with Gasteiger partial charge < -0.3 is 21.3 Å². The lowest BCUT2D eigenvalue weighted by molar-refractivity contribution is -0.135. The Hall–Kier alpha value is -1.86. The summed E-state index contributed by atoms with van der Waals surface area (Å²) >= 11 is 0. The highest BCUT2D eigenvalue weighted by Crippen LogP contribution is 2.26. The predicted molar refractivity (Wildman–Crippen MR) is 101 cm³/mol. The van der Waals surface area contributed by atoms with Gasteiger partial charge in [-0.25, -0.2) is 9.18 Å². The van der Waals surface area contributed by atoms with Crippen molar-refractivity contribution in [3.8, 4) is 0 Å². The smallest absolute Gasteiger partial charge is 0.319 e. The Morgan fingerprint density at radius 1 is 1.15 bits per heavy atom. The summed E-state index contributed by atoms with van der Waals surface area (Å²) in [5.74, 6) is -0.160. The van der Waals surface area contributed by atoms with Crippen molar-refractivity contribution in [2.75, 3.05) is 18.4 Å². The zero-order valence-electron chi connectivity index (χ0n) is 14.6. The summed E-state index contributed by atoms with van der Waals surface area (Å²) in [4.78, 5) is 26.5. The zero-order valence-corrected chi connectivity index (χ0v) is 15.4. The van der Waals surface area contributed by atoms with Gasteiger partial charge in [-0.2, -0.15) is 0 Å². The summed E-state index contributed by atoms with van der Waals surface area (Å²) in [6, 6.07) is 5.31. The second kappa shape index (κ2) is 9.19. The second-order valence-electron chi connectivity index (χ2n) is 7.00. The molecule has 1 saturated carbocycles. The number of nitrogens with two attached hydrogens (primary N) is 1. The molecule has 3 amide bonds. The molecule has 3 rings (SSSR count). The molecule has 4 N–H and O–H groups in total. The molecule has 1 saturated heterocycles. The van der Waals surface area contributed by atoms with E-state index in [-0.39, 0.29) is 48.2 Å². The van der Waals surface area contributed by atoms with E-state index in [4.69, 9.17) is 5.73 Å². The highest BCUT2D eigenvalue weighted by atomic mass is 35.5. The Kier molecular flexibility index (Phi) is 7.23. The van der Waals surface area contributed by atoms with E-state index in [0.717, 1.165) is 32.1 Å². The minimum atomic E-state index is -0.349. The van der Waals surface area contributed by atoms with Crippen LogP contribution in [0.25, 0.3) is 0 Å². The number of nitrogens with one attached hydrogen (secondary N) is 2. The van der Waals surface area contributed by atoms with Crippen molar-refractivity contribution in [2.24, 2.45) is 11.7 Å². The molecule has 1 heterocycles. The van der Waals surface area contributed by atoms with Gasteiger partial charge in [0.2, 0.25) is 5.91 Å². The van der Waals surface area contributed by atoms with Crippen LogP contribution in [0.15, 0.2) is 24.3 Å². The molecular formula is C18H26ClFN4O2. The Balaban J connectivity index is 0.00000243. The molecular weight excluding hydrogens is 359 g/mol. The molecule has 2 aliphatic rings. The Morgan fingerprint density at radius 2 is 1.88 bits per heavy atom. The van der Waals surface area contributed by atoms with Crippen LogP contribution in [-0.4, -0.2) is 42.0 Å². The highest BCUT2D eigenvalue weighted by Gasteiger charge is 2.33. The lowest BCUT2D eigenvalue weighted by atomic mass is 9.85. The lowest BCUT2D eigenvalue weighted by Gasteiger charge is -2.29. The number of halogens is 2. The average molecular weight is 385 g/mol. The van der Waals surface area contributed by atoms with Crippen LogP contribution in [0.5, 0.6) is 0 Å². The van der Waals surface area contributed by atoms with Crippen LogP contribution in [0.2, 0.25) is 0 Å². The van der Waals surface area contributed by atoms with Gasteiger partial charge in [-0.3, -0.25) is 4.79 Å². The molecule has 144 valence electrons. The third-order valence-electron chi connectivity index (χ3n) is 5.00. The third-order valence-corrected chi connectivity index (χ3v) is 5.00. The summed E-state index contributed by atoms with van der Waals surface area (Å²) in [7, 11) is 0. The number of likely N-dealkylation sites (tertiary alicyclic amines) is 1. The molecule has 26 heavy (non-hydrogen) atoms. The second-order valence-corrected chi connectivity index (χ2v) is 7.00. The first-order chi connectivity index (χ1) is 12.0. The molecule has 8 heteroatoms. The Bertz CT molecular complexity index is 628. The summed E-state index contributed by atoms with van der Waals surface area (Å²) in [6.45, 7) is 1.19. The summed E-state index contributed by atoms with van der Waals surface area (Å²) < 4.78 is 12.9. The Labute approximate surface area is 159 Å². The molecule has 0 radical (unpaired) electrons. The van der Waals surface area contributed by atoms with Crippen molar-refractivity contribution < 1.29 is 14.0 Å². The number of urea groups is 1. The summed E-state index contributed by atoms with van der Waals surface area (Å²) in [5, 5.41) is 5.55. The number of hydrogen-bond acceptors (Lipinski definition) is 3. The fraction of sp³-hybridized carbons (Fsp3) is 0.556. The van der Waals surface area contributed by atoms with Crippen molar-refractivity contribution in [3.63, 3.8) is 0 Å². The SMILES string of the molecule is Cl.NC1CCCC(C(=O)N2CCC(NC(=O)Nc3ccc(F)cc3)C2)C1. The van der Waals surface area contributed by atoms with Crippen LogP contribution in [-0.2, 0) is 4.79 Å². The molecule has 0 bridgehead atoms. The molecule has 1 aromatic carbocycles. The topological polar surface area (TPSA) is 87.5 Å². The van der Waals surface area contributed by atoms with E-state index in [9.17, 15) is 14.0 Å². The number of carbonyl (C=O) groups is 2. The average Bonchev–Trinajstić information content (AvgIpc) is 3.04. The fourth-order valence-electron chi connectivity index (χ4n) is 3.67. The number of rotatable bonds is 3. The minimum Gasteiger partial charge on any atom is -0.340 e. The van der Waals surface area contributed by atoms with E-state index in [1.807, 2.05) is 4.90 Å². The first-order valence-electron chi connectivity index (χ1n) is 8.88. The zero-order chi connectivity index (χ0) is 17.8. The van der Waals surface area contributed by atoms with Crippen LogP contribution in [0.1, 0.15) is 32.1 Å². The lowest BCUT2D eigenvalue weighted by Crippen LogP contribution is -2.43. The standard InChI is InChI=1S/C18H25FN4O2.ClH/c19-13-4-6-15(7-5-13)21-18(25)22-16-8-9-23(11-16)17(24)12-2-1-3-14(20)10-12;/h4-7,12,14,16H,1-3,8-11,20H2,(H2,21,22,25);1H. The molecule has 3 unspecified atom stereocenters. The van der Waals surface area contributed by atoms with Crippen LogP contribution >= 0.6 is 12.4 Å². The van der Waals surface area contributed by atoms with Gasteiger partial charge in [-0.05, 0) is 49.9 Å². The highest BCUT2D eigenvalue weighted by molar-refractivity contribution is 5.89. The number of nitrogens with zero attached hydrogens (tertiary/aromatic N) is 1. The summed E-state index contributed by atoms with van der Waals surface area (Å²) in [6.07, 6.45) is 4.41. The van der Waals surface area contributed by atoms with Crippen molar-refractivity contribution >= 4 is 30.0 Å². The van der Waals surface area contributed by atoms with Gasteiger partial charge in [0.05, 0.1) is 0 Å². The first kappa shape index (κ1) is 20.5. The molecule has 0 aromatic heterocycles. The van der Waals surface area contributed by atoms with Gasteiger partial charge in [0.25, 0.3) is 0 Å². The van der Waals surface area contributed by atoms with Crippen molar-refractivity contribution in [1.82, 2.24) is 10.2 Å². The summed E-state index contributed by atoms with van der Waals surface area (Å²) in [5.41, 5.74) is 6.51. The van der Waals surface area contributed by atoms with Gasteiger partial charge in [-0.15, -0.1) is 12.4 Å². The third kappa shape index (κ3) is 5.32.